The van der Waals surface area contributed by atoms with Gasteiger partial charge < -0.3 is 11.1 Å². The molecule has 0 saturated carbocycles. The second-order valence-electron chi connectivity index (χ2n) is 4.86. The molecule has 5 nitrogen and oxygen atoms in total. The van der Waals surface area contributed by atoms with E-state index in [-0.39, 0.29) is 5.91 Å². The molecule has 1 saturated heterocycles. The van der Waals surface area contributed by atoms with E-state index in [9.17, 15) is 4.79 Å². The van der Waals surface area contributed by atoms with E-state index >= 15 is 0 Å². The summed E-state index contributed by atoms with van der Waals surface area (Å²) in [6, 6.07) is 2.44. The highest BCUT2D eigenvalue weighted by Gasteiger charge is 2.22. The zero-order chi connectivity index (χ0) is 13.7. The van der Waals surface area contributed by atoms with Gasteiger partial charge in [-0.25, -0.2) is 0 Å². The van der Waals surface area contributed by atoms with Crippen molar-refractivity contribution in [1.29, 1.82) is 0 Å². The van der Waals surface area contributed by atoms with Crippen LogP contribution in [0.15, 0.2) is 22.9 Å². The van der Waals surface area contributed by atoms with Crippen molar-refractivity contribution in [3.63, 3.8) is 0 Å². The molecule has 1 amide bonds. The Morgan fingerprint density at radius 2 is 2.21 bits per heavy atom. The Bertz CT molecular complexity index is 434. The van der Waals surface area contributed by atoms with Gasteiger partial charge in [0.25, 0.3) is 0 Å². The zero-order valence-electron chi connectivity index (χ0n) is 10.8. The van der Waals surface area contributed by atoms with Crippen molar-refractivity contribution in [3.05, 3.63) is 28.5 Å². The lowest BCUT2D eigenvalue weighted by molar-refractivity contribution is -0.120. The second kappa shape index (κ2) is 6.98. The first-order chi connectivity index (χ1) is 9.15. The topological polar surface area (TPSA) is 71.2 Å². The highest BCUT2D eigenvalue weighted by Crippen LogP contribution is 2.17. The van der Waals surface area contributed by atoms with Crippen molar-refractivity contribution in [1.82, 2.24) is 15.2 Å². The Labute approximate surface area is 121 Å². The van der Waals surface area contributed by atoms with Gasteiger partial charge in [0, 0.05) is 29.5 Å². The van der Waals surface area contributed by atoms with E-state index in [1.54, 1.807) is 6.20 Å². The summed E-state index contributed by atoms with van der Waals surface area (Å²) >= 11 is 3.42. The van der Waals surface area contributed by atoms with Crippen LogP contribution in [0.4, 0.5) is 0 Å². The number of rotatable bonds is 5. The third kappa shape index (κ3) is 4.56. The maximum Gasteiger partial charge on any atom is 0.231 e. The second-order valence-corrected chi connectivity index (χ2v) is 5.78. The number of hydrogen-bond acceptors (Lipinski definition) is 4. The van der Waals surface area contributed by atoms with E-state index < -0.39 is 0 Å². The van der Waals surface area contributed by atoms with Gasteiger partial charge in [-0.05, 0) is 53.5 Å². The Balaban J connectivity index is 2.06. The molecule has 2 heterocycles. The van der Waals surface area contributed by atoms with E-state index in [1.165, 1.54) is 0 Å². The lowest BCUT2D eigenvalue weighted by Gasteiger charge is -2.33. The van der Waals surface area contributed by atoms with Crippen LogP contribution in [0, 0.1) is 0 Å². The van der Waals surface area contributed by atoms with Crippen LogP contribution in [-0.2, 0) is 11.3 Å². The van der Waals surface area contributed by atoms with Crippen LogP contribution < -0.4 is 11.1 Å². The van der Waals surface area contributed by atoms with Crippen molar-refractivity contribution in [2.45, 2.75) is 25.4 Å². The molecule has 0 aliphatic carbocycles. The fourth-order valence-electron chi connectivity index (χ4n) is 2.46. The maximum atomic E-state index is 11.2. The number of nitrogens with one attached hydrogen (secondary N) is 1. The molecular weight excluding hydrogens is 308 g/mol. The number of pyridine rings is 1. The van der Waals surface area contributed by atoms with Crippen molar-refractivity contribution in [2.75, 3.05) is 19.6 Å². The SMILES string of the molecule is NC(=O)CN(Cc1cncc(Br)c1)C1CCNCC1. The maximum absolute atomic E-state index is 11.2. The highest BCUT2D eigenvalue weighted by molar-refractivity contribution is 9.10. The van der Waals surface area contributed by atoms with Crippen LogP contribution >= 0.6 is 15.9 Å². The van der Waals surface area contributed by atoms with Gasteiger partial charge in [0.15, 0.2) is 0 Å². The van der Waals surface area contributed by atoms with Crippen LogP contribution in [0.2, 0.25) is 0 Å². The molecule has 19 heavy (non-hydrogen) atoms. The molecule has 0 aromatic carbocycles. The first kappa shape index (κ1) is 14.4. The smallest absolute Gasteiger partial charge is 0.231 e. The summed E-state index contributed by atoms with van der Waals surface area (Å²) in [7, 11) is 0. The molecule has 6 heteroatoms. The zero-order valence-corrected chi connectivity index (χ0v) is 12.4. The molecule has 1 aromatic heterocycles. The minimum atomic E-state index is -0.276. The van der Waals surface area contributed by atoms with Gasteiger partial charge in [0.05, 0.1) is 6.54 Å². The Morgan fingerprint density at radius 3 is 2.84 bits per heavy atom. The molecule has 2 rings (SSSR count). The predicted octanol–water partition coefficient (Wildman–Crippen LogP) is 0.883. The largest absolute Gasteiger partial charge is 0.369 e. The van der Waals surface area contributed by atoms with Gasteiger partial charge in [0.2, 0.25) is 5.91 Å². The minimum absolute atomic E-state index is 0.276. The Morgan fingerprint density at radius 1 is 1.47 bits per heavy atom. The first-order valence-electron chi connectivity index (χ1n) is 6.47. The van der Waals surface area contributed by atoms with Gasteiger partial charge in [0.1, 0.15) is 0 Å². The monoisotopic (exact) mass is 326 g/mol. The molecule has 0 unspecified atom stereocenters. The summed E-state index contributed by atoms with van der Waals surface area (Å²) in [5.41, 5.74) is 6.45. The molecule has 1 fully saturated rings. The fraction of sp³-hybridized carbons (Fsp3) is 0.538. The van der Waals surface area contributed by atoms with Crippen molar-refractivity contribution >= 4 is 21.8 Å². The van der Waals surface area contributed by atoms with Crippen LogP contribution in [0.1, 0.15) is 18.4 Å². The molecule has 1 aliphatic heterocycles. The van der Waals surface area contributed by atoms with Crippen molar-refractivity contribution in [3.8, 4) is 0 Å². The average molecular weight is 327 g/mol. The number of nitrogens with zero attached hydrogens (tertiary/aromatic N) is 2. The third-order valence-corrected chi connectivity index (χ3v) is 3.76. The van der Waals surface area contributed by atoms with Gasteiger partial charge in [-0.1, -0.05) is 0 Å². The van der Waals surface area contributed by atoms with Crippen molar-refractivity contribution < 1.29 is 4.79 Å². The van der Waals surface area contributed by atoms with Crippen LogP contribution in [0.5, 0.6) is 0 Å². The molecule has 0 atom stereocenters. The Hall–Kier alpha value is -0.980. The summed E-state index contributed by atoms with van der Waals surface area (Å²) in [6.07, 6.45) is 5.69. The number of primary amides is 1. The number of piperidine rings is 1. The summed E-state index contributed by atoms with van der Waals surface area (Å²) < 4.78 is 0.953. The average Bonchev–Trinajstić information content (AvgIpc) is 2.38. The third-order valence-electron chi connectivity index (χ3n) is 3.33. The van der Waals surface area contributed by atoms with Gasteiger partial charge in [-0.15, -0.1) is 0 Å². The van der Waals surface area contributed by atoms with E-state index in [2.05, 4.69) is 31.1 Å². The number of carbonyl (C=O) groups excluding carboxylic acids is 1. The summed E-state index contributed by atoms with van der Waals surface area (Å²) in [5, 5.41) is 3.33. The quantitative estimate of drug-likeness (QED) is 0.842. The first-order valence-corrected chi connectivity index (χ1v) is 7.27. The van der Waals surface area contributed by atoms with Crippen LogP contribution in [-0.4, -0.2) is 41.5 Å². The molecule has 1 aliphatic rings. The summed E-state index contributed by atoms with van der Waals surface area (Å²) in [5.74, 6) is -0.276. The number of nitrogens with two attached hydrogens (primary N) is 1. The normalized spacial score (nSPS) is 16.7. The number of aromatic nitrogens is 1. The molecular formula is C13H19BrN4O. The number of halogens is 1. The minimum Gasteiger partial charge on any atom is -0.369 e. The molecule has 3 N–H and O–H groups in total. The molecule has 104 valence electrons. The molecule has 0 spiro atoms. The van der Waals surface area contributed by atoms with E-state index in [0.717, 1.165) is 36.0 Å². The number of amides is 1. The lowest BCUT2D eigenvalue weighted by atomic mass is 10.0. The van der Waals surface area contributed by atoms with Crippen LogP contribution in [0.3, 0.4) is 0 Å². The lowest BCUT2D eigenvalue weighted by Crippen LogP contribution is -2.46. The van der Waals surface area contributed by atoms with E-state index in [1.807, 2.05) is 12.3 Å². The molecule has 0 radical (unpaired) electrons. The molecule has 1 aromatic rings. The van der Waals surface area contributed by atoms with Crippen LogP contribution in [0.25, 0.3) is 0 Å². The number of hydrogen-bond donors (Lipinski definition) is 2. The molecule has 0 bridgehead atoms. The van der Waals surface area contributed by atoms with E-state index in [4.69, 9.17) is 5.73 Å². The predicted molar refractivity (Wildman–Crippen MR) is 77.4 cm³/mol. The van der Waals surface area contributed by atoms with Crippen molar-refractivity contribution in [2.24, 2.45) is 5.73 Å². The van der Waals surface area contributed by atoms with Gasteiger partial charge >= 0.3 is 0 Å². The summed E-state index contributed by atoms with van der Waals surface area (Å²) in [6.45, 7) is 3.00. The fourth-order valence-corrected chi connectivity index (χ4v) is 2.88. The highest BCUT2D eigenvalue weighted by atomic mass is 79.9. The van der Waals surface area contributed by atoms with E-state index in [0.29, 0.717) is 19.1 Å². The van der Waals surface area contributed by atoms with Gasteiger partial charge in [-0.2, -0.15) is 0 Å². The standard InChI is InChI=1S/C13H19BrN4O/c14-11-5-10(6-17-7-11)8-18(9-13(15)19)12-1-3-16-4-2-12/h5-7,12,16H,1-4,8-9H2,(H2,15,19). The number of carbonyl (C=O) groups is 1. The van der Waals surface area contributed by atoms with Gasteiger partial charge in [-0.3, -0.25) is 14.7 Å². The Kier molecular flexibility index (Phi) is 5.30. The summed E-state index contributed by atoms with van der Waals surface area (Å²) in [4.78, 5) is 17.6.